The second kappa shape index (κ2) is 3.35. The summed E-state index contributed by atoms with van der Waals surface area (Å²) in [4.78, 5) is 0. The van der Waals surface area contributed by atoms with E-state index in [1.54, 1.807) is 0 Å². The molecule has 1 aliphatic heterocycles. The quantitative estimate of drug-likeness (QED) is 0.660. The Morgan fingerprint density at radius 3 is 2.83 bits per heavy atom. The molecular formula is C10H20N2. The lowest BCUT2D eigenvalue weighted by Gasteiger charge is -2.26. The molecule has 1 saturated carbocycles. The Balaban J connectivity index is 1.77. The molecule has 0 aromatic rings. The van der Waals surface area contributed by atoms with Crippen molar-refractivity contribution in [1.82, 2.24) is 10.6 Å². The molecule has 1 unspecified atom stereocenters. The zero-order chi connectivity index (χ0) is 8.44. The molecule has 2 N–H and O–H groups in total. The fourth-order valence-electron chi connectivity index (χ4n) is 2.36. The van der Waals surface area contributed by atoms with Crippen LogP contribution in [0.1, 0.15) is 32.1 Å². The van der Waals surface area contributed by atoms with Gasteiger partial charge in [0.2, 0.25) is 0 Å². The number of nitrogens with one attached hydrogen (secondary N) is 2. The van der Waals surface area contributed by atoms with Gasteiger partial charge in [0.05, 0.1) is 0 Å². The van der Waals surface area contributed by atoms with Gasteiger partial charge in [-0.3, -0.25) is 0 Å². The maximum atomic E-state index is 3.48. The topological polar surface area (TPSA) is 24.1 Å². The van der Waals surface area contributed by atoms with Gasteiger partial charge in [-0.15, -0.1) is 0 Å². The molecule has 0 spiro atoms. The van der Waals surface area contributed by atoms with Crippen molar-refractivity contribution >= 4 is 0 Å². The fourth-order valence-corrected chi connectivity index (χ4v) is 2.36. The first kappa shape index (κ1) is 8.52. The number of hydrogen-bond donors (Lipinski definition) is 2. The molecular weight excluding hydrogens is 148 g/mol. The minimum Gasteiger partial charge on any atom is -0.316 e. The lowest BCUT2D eigenvalue weighted by Crippen LogP contribution is -2.36. The Morgan fingerprint density at radius 1 is 1.50 bits per heavy atom. The summed E-state index contributed by atoms with van der Waals surface area (Å²) in [6, 6.07) is 0. The summed E-state index contributed by atoms with van der Waals surface area (Å²) in [6.45, 7) is 2.49. The van der Waals surface area contributed by atoms with Crippen LogP contribution < -0.4 is 10.6 Å². The Hall–Kier alpha value is -0.0800. The third-order valence-corrected chi connectivity index (χ3v) is 3.46. The predicted molar refractivity (Wildman–Crippen MR) is 51.2 cm³/mol. The van der Waals surface area contributed by atoms with Crippen LogP contribution in [0.4, 0.5) is 0 Å². The minimum atomic E-state index is 0.559. The van der Waals surface area contributed by atoms with Gasteiger partial charge in [-0.1, -0.05) is 0 Å². The molecule has 1 atom stereocenters. The molecule has 0 bridgehead atoms. The van der Waals surface area contributed by atoms with Gasteiger partial charge < -0.3 is 10.6 Å². The summed E-state index contributed by atoms with van der Waals surface area (Å²) in [5, 5.41) is 6.95. The van der Waals surface area contributed by atoms with Crippen molar-refractivity contribution < 1.29 is 0 Å². The van der Waals surface area contributed by atoms with E-state index in [1.165, 1.54) is 45.2 Å². The molecule has 2 rings (SSSR count). The van der Waals surface area contributed by atoms with Gasteiger partial charge >= 0.3 is 0 Å². The maximum Gasteiger partial charge on any atom is 0.0183 e. The smallest absolute Gasteiger partial charge is 0.0183 e. The second-order valence-electron chi connectivity index (χ2n) is 4.45. The standard InChI is InChI=1S/C10H20N2/c1-11-10(4-5-10)7-9-3-2-6-12-8-9/h9,11-12H,2-8H2,1H3. The molecule has 2 aliphatic rings. The second-order valence-corrected chi connectivity index (χ2v) is 4.45. The SMILES string of the molecule is CNC1(CC2CCCNC2)CC1. The van der Waals surface area contributed by atoms with Crippen LogP contribution in [-0.2, 0) is 0 Å². The van der Waals surface area contributed by atoms with Gasteiger partial charge in [0.25, 0.3) is 0 Å². The first-order chi connectivity index (χ1) is 5.85. The summed E-state index contributed by atoms with van der Waals surface area (Å²) in [5.41, 5.74) is 0.559. The van der Waals surface area contributed by atoms with Crippen LogP contribution in [0.15, 0.2) is 0 Å². The Bertz CT molecular complexity index is 146. The van der Waals surface area contributed by atoms with Crippen molar-refractivity contribution in [3.63, 3.8) is 0 Å². The van der Waals surface area contributed by atoms with E-state index in [9.17, 15) is 0 Å². The Kier molecular flexibility index (Phi) is 2.37. The highest BCUT2D eigenvalue weighted by Gasteiger charge is 2.42. The molecule has 1 saturated heterocycles. The fraction of sp³-hybridized carbons (Fsp3) is 1.00. The highest BCUT2D eigenvalue weighted by atomic mass is 15.0. The van der Waals surface area contributed by atoms with E-state index in [0.717, 1.165) is 5.92 Å². The Labute approximate surface area is 75.1 Å². The molecule has 2 fully saturated rings. The van der Waals surface area contributed by atoms with E-state index in [4.69, 9.17) is 0 Å². The molecule has 0 aromatic heterocycles. The van der Waals surface area contributed by atoms with Crippen molar-refractivity contribution in [2.24, 2.45) is 5.92 Å². The normalized spacial score (nSPS) is 33.2. The molecule has 0 amide bonds. The zero-order valence-electron chi connectivity index (χ0n) is 8.03. The third-order valence-electron chi connectivity index (χ3n) is 3.46. The van der Waals surface area contributed by atoms with Gasteiger partial charge in [-0.25, -0.2) is 0 Å². The van der Waals surface area contributed by atoms with E-state index < -0.39 is 0 Å². The summed E-state index contributed by atoms with van der Waals surface area (Å²) in [5.74, 6) is 0.939. The lowest BCUT2D eigenvalue weighted by atomic mass is 9.91. The van der Waals surface area contributed by atoms with E-state index >= 15 is 0 Å². The van der Waals surface area contributed by atoms with Crippen LogP contribution >= 0.6 is 0 Å². The van der Waals surface area contributed by atoms with Crippen molar-refractivity contribution in [3.05, 3.63) is 0 Å². The Morgan fingerprint density at radius 2 is 2.33 bits per heavy atom. The van der Waals surface area contributed by atoms with Crippen LogP contribution in [0, 0.1) is 5.92 Å². The minimum absolute atomic E-state index is 0.559. The molecule has 1 heterocycles. The highest BCUT2D eigenvalue weighted by molar-refractivity contribution is 5.02. The van der Waals surface area contributed by atoms with E-state index in [-0.39, 0.29) is 0 Å². The summed E-state index contributed by atoms with van der Waals surface area (Å²) < 4.78 is 0. The average molecular weight is 168 g/mol. The molecule has 0 aromatic carbocycles. The molecule has 12 heavy (non-hydrogen) atoms. The van der Waals surface area contributed by atoms with Crippen molar-refractivity contribution in [3.8, 4) is 0 Å². The van der Waals surface area contributed by atoms with Gasteiger partial charge in [0, 0.05) is 5.54 Å². The van der Waals surface area contributed by atoms with Gasteiger partial charge in [0.1, 0.15) is 0 Å². The van der Waals surface area contributed by atoms with Gasteiger partial charge in [0.15, 0.2) is 0 Å². The van der Waals surface area contributed by atoms with Crippen LogP contribution in [0.3, 0.4) is 0 Å². The lowest BCUT2D eigenvalue weighted by molar-refractivity contribution is 0.310. The van der Waals surface area contributed by atoms with Crippen LogP contribution in [0.25, 0.3) is 0 Å². The van der Waals surface area contributed by atoms with Crippen LogP contribution in [-0.4, -0.2) is 25.7 Å². The zero-order valence-corrected chi connectivity index (χ0v) is 8.03. The molecule has 1 aliphatic carbocycles. The monoisotopic (exact) mass is 168 g/mol. The number of rotatable bonds is 3. The molecule has 2 nitrogen and oxygen atoms in total. The van der Waals surface area contributed by atoms with Gasteiger partial charge in [-0.05, 0) is 58.2 Å². The number of piperidine rings is 1. The third kappa shape index (κ3) is 1.80. The highest BCUT2D eigenvalue weighted by Crippen LogP contribution is 2.41. The predicted octanol–water partition coefficient (Wildman–Crippen LogP) is 1.13. The van der Waals surface area contributed by atoms with E-state index in [2.05, 4.69) is 17.7 Å². The summed E-state index contributed by atoms with van der Waals surface area (Å²) in [7, 11) is 2.11. The molecule has 70 valence electrons. The van der Waals surface area contributed by atoms with Crippen molar-refractivity contribution in [2.45, 2.75) is 37.6 Å². The van der Waals surface area contributed by atoms with E-state index in [1.807, 2.05) is 0 Å². The van der Waals surface area contributed by atoms with Crippen molar-refractivity contribution in [1.29, 1.82) is 0 Å². The molecule has 2 heteroatoms. The average Bonchev–Trinajstić information content (AvgIpc) is 2.88. The maximum absolute atomic E-state index is 3.48. The molecule has 0 radical (unpaired) electrons. The first-order valence-corrected chi connectivity index (χ1v) is 5.24. The van der Waals surface area contributed by atoms with Crippen molar-refractivity contribution in [2.75, 3.05) is 20.1 Å². The number of hydrogen-bond acceptors (Lipinski definition) is 2. The van der Waals surface area contributed by atoms with Gasteiger partial charge in [-0.2, -0.15) is 0 Å². The van der Waals surface area contributed by atoms with Crippen LogP contribution in [0.5, 0.6) is 0 Å². The summed E-state index contributed by atoms with van der Waals surface area (Å²) in [6.07, 6.45) is 7.03. The largest absolute Gasteiger partial charge is 0.316 e. The van der Waals surface area contributed by atoms with E-state index in [0.29, 0.717) is 5.54 Å². The summed E-state index contributed by atoms with van der Waals surface area (Å²) >= 11 is 0. The van der Waals surface area contributed by atoms with Crippen LogP contribution in [0.2, 0.25) is 0 Å². The first-order valence-electron chi connectivity index (χ1n) is 5.24.